The number of aromatic nitrogens is 1. The molecule has 0 aliphatic carbocycles. The number of primary amides is 1. The topological polar surface area (TPSA) is 94.0 Å². The van der Waals surface area contributed by atoms with Crippen molar-refractivity contribution in [3.63, 3.8) is 0 Å². The number of carbonyl (C=O) groups excluding carboxylic acids is 1. The molecule has 0 saturated heterocycles. The highest BCUT2D eigenvalue weighted by atomic mass is 16.1. The highest BCUT2D eigenvalue weighted by Crippen LogP contribution is 2.17. The summed E-state index contributed by atoms with van der Waals surface area (Å²) in [6.45, 7) is 0. The first kappa shape index (κ1) is 10.9. The van der Waals surface area contributed by atoms with Crippen molar-refractivity contribution in [2.24, 2.45) is 5.73 Å². The van der Waals surface area contributed by atoms with Gasteiger partial charge in [-0.2, -0.15) is 0 Å². The molecule has 0 aliphatic rings. The monoisotopic (exact) mass is 228 g/mol. The zero-order chi connectivity index (χ0) is 12.3. The molecule has 0 bridgehead atoms. The Morgan fingerprint density at radius 2 is 2.06 bits per heavy atom. The summed E-state index contributed by atoms with van der Waals surface area (Å²) >= 11 is 0. The van der Waals surface area contributed by atoms with Gasteiger partial charge in [-0.1, -0.05) is 6.07 Å². The van der Waals surface area contributed by atoms with Crippen molar-refractivity contribution in [3.8, 4) is 0 Å². The Morgan fingerprint density at radius 3 is 2.76 bits per heavy atom. The number of anilines is 3. The van der Waals surface area contributed by atoms with Gasteiger partial charge in [0.15, 0.2) is 0 Å². The molecule has 17 heavy (non-hydrogen) atoms. The molecule has 0 saturated carbocycles. The van der Waals surface area contributed by atoms with E-state index in [1.165, 1.54) is 6.20 Å². The molecule has 0 radical (unpaired) electrons. The van der Waals surface area contributed by atoms with Gasteiger partial charge in [-0.3, -0.25) is 4.79 Å². The van der Waals surface area contributed by atoms with Gasteiger partial charge in [0, 0.05) is 23.1 Å². The molecule has 86 valence electrons. The van der Waals surface area contributed by atoms with E-state index in [1.807, 2.05) is 12.1 Å². The first-order valence-corrected chi connectivity index (χ1v) is 5.03. The molecule has 0 spiro atoms. The molecule has 0 atom stereocenters. The van der Waals surface area contributed by atoms with Gasteiger partial charge in [0.05, 0.1) is 0 Å². The van der Waals surface area contributed by atoms with Crippen LogP contribution in [-0.4, -0.2) is 10.9 Å². The van der Waals surface area contributed by atoms with Crippen molar-refractivity contribution in [2.45, 2.75) is 0 Å². The minimum atomic E-state index is -0.483. The third-order valence-electron chi connectivity index (χ3n) is 2.20. The van der Waals surface area contributed by atoms with Crippen molar-refractivity contribution in [3.05, 3.63) is 48.2 Å². The standard InChI is InChI=1S/C12H12N4O/c13-9-2-1-3-10(7-9)16-11-6-8(12(14)17)4-5-15-11/h1-7H,13H2,(H2,14,17)(H,15,16). The fraction of sp³-hybridized carbons (Fsp3) is 0. The second-order valence-corrected chi connectivity index (χ2v) is 3.54. The fourth-order valence-electron chi connectivity index (χ4n) is 1.42. The van der Waals surface area contributed by atoms with Crippen LogP contribution in [0.2, 0.25) is 0 Å². The molecular weight excluding hydrogens is 216 g/mol. The molecular formula is C12H12N4O. The van der Waals surface area contributed by atoms with Gasteiger partial charge in [0.1, 0.15) is 5.82 Å². The van der Waals surface area contributed by atoms with Gasteiger partial charge >= 0.3 is 0 Å². The maximum Gasteiger partial charge on any atom is 0.248 e. The number of carbonyl (C=O) groups is 1. The molecule has 5 nitrogen and oxygen atoms in total. The average Bonchev–Trinajstić information content (AvgIpc) is 2.29. The molecule has 1 heterocycles. The van der Waals surface area contributed by atoms with Gasteiger partial charge in [-0.25, -0.2) is 4.98 Å². The lowest BCUT2D eigenvalue weighted by Crippen LogP contribution is -2.11. The quantitative estimate of drug-likeness (QED) is 0.694. The zero-order valence-electron chi connectivity index (χ0n) is 9.05. The third kappa shape index (κ3) is 2.72. The average molecular weight is 228 g/mol. The van der Waals surface area contributed by atoms with Gasteiger partial charge in [-0.05, 0) is 30.3 Å². The Morgan fingerprint density at radius 1 is 1.24 bits per heavy atom. The summed E-state index contributed by atoms with van der Waals surface area (Å²) in [5, 5.41) is 3.04. The number of nitrogens with one attached hydrogen (secondary N) is 1. The summed E-state index contributed by atoms with van der Waals surface area (Å²) in [4.78, 5) is 15.1. The van der Waals surface area contributed by atoms with Crippen molar-refractivity contribution in [2.75, 3.05) is 11.1 Å². The highest BCUT2D eigenvalue weighted by Gasteiger charge is 2.02. The van der Waals surface area contributed by atoms with Crippen LogP contribution in [0.1, 0.15) is 10.4 Å². The molecule has 1 amide bonds. The van der Waals surface area contributed by atoms with E-state index in [0.29, 0.717) is 17.1 Å². The Kier molecular flexibility index (Phi) is 2.91. The van der Waals surface area contributed by atoms with Crippen molar-refractivity contribution in [1.29, 1.82) is 0 Å². The number of rotatable bonds is 3. The lowest BCUT2D eigenvalue weighted by atomic mass is 10.2. The van der Waals surface area contributed by atoms with E-state index in [2.05, 4.69) is 10.3 Å². The Bertz CT molecular complexity index is 554. The summed E-state index contributed by atoms with van der Waals surface area (Å²) in [6, 6.07) is 10.4. The summed E-state index contributed by atoms with van der Waals surface area (Å²) in [7, 11) is 0. The molecule has 2 aromatic rings. The van der Waals surface area contributed by atoms with E-state index in [9.17, 15) is 4.79 Å². The molecule has 2 rings (SSSR count). The maximum absolute atomic E-state index is 11.0. The fourth-order valence-corrected chi connectivity index (χ4v) is 1.42. The van der Waals surface area contributed by atoms with Crippen LogP contribution in [0.25, 0.3) is 0 Å². The van der Waals surface area contributed by atoms with Crippen LogP contribution in [0.5, 0.6) is 0 Å². The van der Waals surface area contributed by atoms with E-state index in [4.69, 9.17) is 11.5 Å². The Hall–Kier alpha value is -2.56. The number of nitrogen functional groups attached to an aromatic ring is 1. The van der Waals surface area contributed by atoms with E-state index >= 15 is 0 Å². The largest absolute Gasteiger partial charge is 0.399 e. The van der Waals surface area contributed by atoms with Crippen LogP contribution in [0, 0.1) is 0 Å². The summed E-state index contributed by atoms with van der Waals surface area (Å²) in [5.41, 5.74) is 12.7. The molecule has 0 aliphatic heterocycles. The molecule has 1 aromatic heterocycles. The molecule has 5 N–H and O–H groups in total. The van der Waals surface area contributed by atoms with E-state index in [0.717, 1.165) is 5.69 Å². The maximum atomic E-state index is 11.0. The Balaban J connectivity index is 2.24. The molecule has 0 unspecified atom stereocenters. The molecule has 1 aromatic carbocycles. The van der Waals surface area contributed by atoms with Crippen LogP contribution < -0.4 is 16.8 Å². The predicted molar refractivity (Wildman–Crippen MR) is 66.9 cm³/mol. The van der Waals surface area contributed by atoms with Gasteiger partial charge in [0.2, 0.25) is 5.91 Å². The van der Waals surface area contributed by atoms with E-state index in [-0.39, 0.29) is 0 Å². The summed E-state index contributed by atoms with van der Waals surface area (Å²) < 4.78 is 0. The number of amides is 1. The van der Waals surface area contributed by atoms with E-state index < -0.39 is 5.91 Å². The number of hydrogen-bond acceptors (Lipinski definition) is 4. The number of benzene rings is 1. The highest BCUT2D eigenvalue weighted by molar-refractivity contribution is 5.93. The van der Waals surface area contributed by atoms with Crippen molar-refractivity contribution in [1.82, 2.24) is 4.98 Å². The van der Waals surface area contributed by atoms with Crippen molar-refractivity contribution < 1.29 is 4.79 Å². The minimum Gasteiger partial charge on any atom is -0.399 e. The number of pyridine rings is 1. The predicted octanol–water partition coefficient (Wildman–Crippen LogP) is 1.51. The minimum absolute atomic E-state index is 0.409. The summed E-state index contributed by atoms with van der Waals surface area (Å²) in [5.74, 6) is 0.0647. The van der Waals surface area contributed by atoms with Crippen LogP contribution in [-0.2, 0) is 0 Å². The second kappa shape index (κ2) is 4.52. The first-order chi connectivity index (χ1) is 8.15. The zero-order valence-corrected chi connectivity index (χ0v) is 9.05. The number of nitrogens with two attached hydrogens (primary N) is 2. The number of hydrogen-bond donors (Lipinski definition) is 3. The number of nitrogens with zero attached hydrogens (tertiary/aromatic N) is 1. The smallest absolute Gasteiger partial charge is 0.248 e. The lowest BCUT2D eigenvalue weighted by molar-refractivity contribution is 0.1000. The molecule has 0 fully saturated rings. The van der Waals surface area contributed by atoms with Crippen LogP contribution >= 0.6 is 0 Å². The first-order valence-electron chi connectivity index (χ1n) is 5.03. The van der Waals surface area contributed by atoms with Crippen LogP contribution in [0.15, 0.2) is 42.6 Å². The molecule has 5 heteroatoms. The van der Waals surface area contributed by atoms with Crippen LogP contribution in [0.4, 0.5) is 17.2 Å². The van der Waals surface area contributed by atoms with Gasteiger partial charge in [0.25, 0.3) is 0 Å². The lowest BCUT2D eigenvalue weighted by Gasteiger charge is -2.06. The van der Waals surface area contributed by atoms with Crippen LogP contribution in [0.3, 0.4) is 0 Å². The SMILES string of the molecule is NC(=O)c1ccnc(Nc2cccc(N)c2)c1. The third-order valence-corrected chi connectivity index (χ3v) is 2.20. The van der Waals surface area contributed by atoms with Gasteiger partial charge < -0.3 is 16.8 Å². The normalized spacial score (nSPS) is 9.88. The van der Waals surface area contributed by atoms with Gasteiger partial charge in [-0.15, -0.1) is 0 Å². The van der Waals surface area contributed by atoms with E-state index in [1.54, 1.807) is 24.3 Å². The summed E-state index contributed by atoms with van der Waals surface area (Å²) in [6.07, 6.45) is 1.52. The van der Waals surface area contributed by atoms with Crippen molar-refractivity contribution >= 4 is 23.1 Å². The Labute approximate surface area is 98.5 Å². The second-order valence-electron chi connectivity index (χ2n) is 3.54.